The third-order valence-corrected chi connectivity index (χ3v) is 7.41. The molecule has 216 valence electrons. The molecule has 0 fully saturated rings. The van der Waals surface area contributed by atoms with Crippen molar-refractivity contribution in [2.45, 2.75) is 26.7 Å². The van der Waals surface area contributed by atoms with Gasteiger partial charge in [0.2, 0.25) is 0 Å². The number of benzene rings is 4. The number of ether oxygens (including phenoxy) is 1. The van der Waals surface area contributed by atoms with Gasteiger partial charge < -0.3 is 25.3 Å². The zero-order valence-electron chi connectivity index (χ0n) is 24.3. The summed E-state index contributed by atoms with van der Waals surface area (Å²) < 4.78 is 6.12. The molecular formula is C36H34N4O3. The van der Waals surface area contributed by atoms with Gasteiger partial charge in [-0.25, -0.2) is 0 Å². The SMILES string of the molecule is CCCNC(=O)c1ccc2cc(-c3ccc(Oc4ccc(-c5cc6ccc(C(=O)NCCC)cc6[nH]5)cc4)cc3)[nH]c2c1. The van der Waals surface area contributed by atoms with Gasteiger partial charge in [-0.05, 0) is 109 Å². The van der Waals surface area contributed by atoms with Crippen molar-refractivity contribution in [2.75, 3.05) is 13.1 Å². The maximum absolute atomic E-state index is 12.3. The number of carbonyl (C=O) groups excluding carboxylic acids is 2. The first-order valence-electron chi connectivity index (χ1n) is 14.7. The van der Waals surface area contributed by atoms with E-state index in [0.29, 0.717) is 24.2 Å². The van der Waals surface area contributed by atoms with Crippen molar-refractivity contribution in [3.05, 3.63) is 108 Å². The van der Waals surface area contributed by atoms with E-state index in [-0.39, 0.29) is 11.8 Å². The van der Waals surface area contributed by atoms with E-state index >= 15 is 0 Å². The van der Waals surface area contributed by atoms with E-state index in [1.54, 1.807) is 0 Å². The second-order valence-electron chi connectivity index (χ2n) is 10.6. The van der Waals surface area contributed by atoms with Crippen molar-refractivity contribution >= 4 is 33.6 Å². The molecule has 2 amide bonds. The van der Waals surface area contributed by atoms with Crippen molar-refractivity contribution in [3.8, 4) is 34.0 Å². The van der Waals surface area contributed by atoms with Gasteiger partial charge in [0.05, 0.1) is 0 Å². The molecule has 0 radical (unpaired) electrons. The van der Waals surface area contributed by atoms with Gasteiger partial charge in [0.15, 0.2) is 0 Å². The number of aromatic amines is 2. The average molecular weight is 571 g/mol. The molecule has 0 aliphatic heterocycles. The molecule has 0 saturated heterocycles. The smallest absolute Gasteiger partial charge is 0.251 e. The Kier molecular flexibility index (Phi) is 7.96. The summed E-state index contributed by atoms with van der Waals surface area (Å²) in [5, 5.41) is 7.95. The van der Waals surface area contributed by atoms with E-state index < -0.39 is 0 Å². The highest BCUT2D eigenvalue weighted by Crippen LogP contribution is 2.30. The first-order valence-corrected chi connectivity index (χ1v) is 14.7. The number of rotatable bonds is 10. The van der Waals surface area contributed by atoms with Gasteiger partial charge in [0.1, 0.15) is 11.5 Å². The van der Waals surface area contributed by atoms with Crippen molar-refractivity contribution in [1.29, 1.82) is 0 Å². The maximum atomic E-state index is 12.3. The highest BCUT2D eigenvalue weighted by atomic mass is 16.5. The van der Waals surface area contributed by atoms with Gasteiger partial charge in [0, 0.05) is 57.4 Å². The molecule has 0 spiro atoms. The predicted octanol–water partition coefficient (Wildman–Crippen LogP) is 8.06. The summed E-state index contributed by atoms with van der Waals surface area (Å²) in [6, 6.07) is 31.5. The molecule has 4 N–H and O–H groups in total. The zero-order chi connectivity index (χ0) is 29.8. The number of aromatic nitrogens is 2. The van der Waals surface area contributed by atoms with Gasteiger partial charge in [-0.1, -0.05) is 26.0 Å². The van der Waals surface area contributed by atoms with Crippen LogP contribution in [0.5, 0.6) is 11.5 Å². The van der Waals surface area contributed by atoms with Crippen molar-refractivity contribution in [1.82, 2.24) is 20.6 Å². The van der Waals surface area contributed by atoms with Crippen LogP contribution in [0.3, 0.4) is 0 Å². The Morgan fingerprint density at radius 1 is 0.581 bits per heavy atom. The third-order valence-electron chi connectivity index (χ3n) is 7.41. The number of H-pyrrole nitrogens is 2. The number of carbonyl (C=O) groups is 2. The van der Waals surface area contributed by atoms with Crippen LogP contribution in [0.15, 0.2) is 97.1 Å². The Balaban J connectivity index is 1.12. The summed E-state index contributed by atoms with van der Waals surface area (Å²) in [7, 11) is 0. The van der Waals surface area contributed by atoms with Gasteiger partial charge in [-0.3, -0.25) is 9.59 Å². The largest absolute Gasteiger partial charge is 0.457 e. The summed E-state index contributed by atoms with van der Waals surface area (Å²) in [6.45, 7) is 5.40. The van der Waals surface area contributed by atoms with Crippen LogP contribution < -0.4 is 15.4 Å². The van der Waals surface area contributed by atoms with Crippen LogP contribution in [0.1, 0.15) is 47.4 Å². The van der Waals surface area contributed by atoms with Gasteiger partial charge in [0.25, 0.3) is 11.8 Å². The molecule has 0 atom stereocenters. The Labute approximate surface area is 250 Å². The van der Waals surface area contributed by atoms with E-state index in [9.17, 15) is 9.59 Å². The van der Waals surface area contributed by atoms with Crippen molar-refractivity contribution in [3.63, 3.8) is 0 Å². The fourth-order valence-corrected chi connectivity index (χ4v) is 5.07. The van der Waals surface area contributed by atoms with Crippen LogP contribution >= 0.6 is 0 Å². The topological polar surface area (TPSA) is 99.0 Å². The molecule has 7 heteroatoms. The van der Waals surface area contributed by atoms with Crippen molar-refractivity contribution in [2.24, 2.45) is 0 Å². The normalized spacial score (nSPS) is 11.1. The Hall–Kier alpha value is -5.30. The summed E-state index contributed by atoms with van der Waals surface area (Å²) in [5.41, 5.74) is 7.15. The third kappa shape index (κ3) is 6.16. The van der Waals surface area contributed by atoms with E-state index in [0.717, 1.165) is 68.7 Å². The summed E-state index contributed by atoms with van der Waals surface area (Å²) in [5.74, 6) is 1.36. The van der Waals surface area contributed by atoms with Crippen LogP contribution in [0.4, 0.5) is 0 Å². The molecule has 4 aromatic carbocycles. The lowest BCUT2D eigenvalue weighted by atomic mass is 10.1. The molecule has 0 bridgehead atoms. The van der Waals surface area contributed by atoms with Crippen LogP contribution in [0.25, 0.3) is 44.3 Å². The zero-order valence-corrected chi connectivity index (χ0v) is 24.3. The highest BCUT2D eigenvalue weighted by Gasteiger charge is 2.11. The first kappa shape index (κ1) is 27.8. The van der Waals surface area contributed by atoms with E-state index in [4.69, 9.17) is 4.74 Å². The monoisotopic (exact) mass is 570 g/mol. The molecule has 0 aliphatic rings. The predicted molar refractivity (Wildman–Crippen MR) is 173 cm³/mol. The van der Waals surface area contributed by atoms with Crippen LogP contribution in [0.2, 0.25) is 0 Å². The number of nitrogens with one attached hydrogen (secondary N) is 4. The number of hydrogen-bond donors (Lipinski definition) is 4. The van der Waals surface area contributed by atoms with Gasteiger partial charge in [-0.2, -0.15) is 0 Å². The van der Waals surface area contributed by atoms with Crippen LogP contribution in [0, 0.1) is 0 Å². The lowest BCUT2D eigenvalue weighted by Gasteiger charge is -2.07. The minimum absolute atomic E-state index is 0.0574. The number of fused-ring (bicyclic) bond motifs is 2. The van der Waals surface area contributed by atoms with Crippen molar-refractivity contribution < 1.29 is 14.3 Å². The molecule has 0 saturated carbocycles. The minimum Gasteiger partial charge on any atom is -0.457 e. The minimum atomic E-state index is -0.0574. The average Bonchev–Trinajstić information content (AvgIpc) is 3.67. The van der Waals surface area contributed by atoms with Gasteiger partial charge >= 0.3 is 0 Å². The standard InChI is InChI=1S/C36H34N4O3/c1-3-17-37-35(41)27-7-5-25-19-31(39-33(25)21-27)23-9-13-29(14-10-23)43-30-15-11-24(12-16-30)32-20-26-6-8-28(22-34(26)40-32)36(42)38-18-4-2/h5-16,19-22,39-40H,3-4,17-18H2,1-2H3,(H,37,41)(H,38,42). The van der Waals surface area contributed by atoms with E-state index in [1.807, 2.05) is 98.8 Å². The molecule has 7 nitrogen and oxygen atoms in total. The number of hydrogen-bond acceptors (Lipinski definition) is 3. The van der Waals surface area contributed by atoms with Crippen LogP contribution in [-0.2, 0) is 0 Å². The molecular weight excluding hydrogens is 536 g/mol. The molecule has 6 rings (SSSR count). The molecule has 2 aromatic heterocycles. The summed E-state index contributed by atoms with van der Waals surface area (Å²) >= 11 is 0. The van der Waals surface area contributed by atoms with E-state index in [2.05, 4.69) is 32.7 Å². The lowest BCUT2D eigenvalue weighted by molar-refractivity contribution is 0.0945. The Bertz CT molecular complexity index is 1760. The quantitative estimate of drug-likeness (QED) is 0.134. The molecule has 43 heavy (non-hydrogen) atoms. The molecule has 2 heterocycles. The fourth-order valence-electron chi connectivity index (χ4n) is 5.07. The highest BCUT2D eigenvalue weighted by molar-refractivity contribution is 5.99. The summed E-state index contributed by atoms with van der Waals surface area (Å²) in [6.07, 6.45) is 1.81. The molecule has 6 aromatic rings. The fraction of sp³-hybridized carbons (Fsp3) is 0.167. The Morgan fingerprint density at radius 3 is 1.40 bits per heavy atom. The Morgan fingerprint density at radius 2 is 1.00 bits per heavy atom. The van der Waals surface area contributed by atoms with Gasteiger partial charge in [-0.15, -0.1) is 0 Å². The number of amides is 2. The lowest BCUT2D eigenvalue weighted by Crippen LogP contribution is -2.23. The molecule has 0 aliphatic carbocycles. The van der Waals surface area contributed by atoms with E-state index in [1.165, 1.54) is 0 Å². The first-order chi connectivity index (χ1) is 21.0. The maximum Gasteiger partial charge on any atom is 0.251 e. The second kappa shape index (κ2) is 12.3. The van der Waals surface area contributed by atoms with Crippen LogP contribution in [-0.4, -0.2) is 34.9 Å². The molecule has 0 unspecified atom stereocenters. The second-order valence-corrected chi connectivity index (χ2v) is 10.6. The summed E-state index contributed by atoms with van der Waals surface area (Å²) in [4.78, 5) is 31.6.